The predicted molar refractivity (Wildman–Crippen MR) is 72.9 cm³/mol. The molecule has 0 aromatic heterocycles. The van der Waals surface area contributed by atoms with Crippen LogP contribution in [0.15, 0.2) is 12.1 Å². The lowest BCUT2D eigenvalue weighted by molar-refractivity contribution is 0.0895. The van der Waals surface area contributed by atoms with Gasteiger partial charge in [0.05, 0.1) is 17.2 Å². The summed E-state index contributed by atoms with van der Waals surface area (Å²) in [5, 5.41) is 3.99. The van der Waals surface area contributed by atoms with Gasteiger partial charge < -0.3 is 10.1 Å². The molecular formula is C13H15Cl2NO2. The number of halogens is 2. The van der Waals surface area contributed by atoms with Crippen molar-refractivity contribution in [1.82, 2.24) is 5.32 Å². The summed E-state index contributed by atoms with van der Waals surface area (Å²) in [6.07, 6.45) is 1.72. The highest BCUT2D eigenvalue weighted by atomic mass is 35.5. The third-order valence-corrected chi connectivity index (χ3v) is 3.76. The van der Waals surface area contributed by atoms with Gasteiger partial charge in [0.1, 0.15) is 0 Å². The Bertz CT molecular complexity index is 433. The molecule has 1 aliphatic rings. The van der Waals surface area contributed by atoms with Gasteiger partial charge in [0, 0.05) is 11.5 Å². The van der Waals surface area contributed by atoms with E-state index in [1.165, 1.54) is 7.11 Å². The first-order valence-corrected chi connectivity index (χ1v) is 6.67. The number of piperidine rings is 1. The van der Waals surface area contributed by atoms with Crippen molar-refractivity contribution in [2.75, 3.05) is 20.2 Å². The van der Waals surface area contributed by atoms with Crippen LogP contribution in [0, 0.1) is 5.92 Å². The number of benzene rings is 1. The van der Waals surface area contributed by atoms with Crippen molar-refractivity contribution in [1.29, 1.82) is 0 Å². The maximum absolute atomic E-state index is 12.3. The first-order chi connectivity index (χ1) is 8.63. The minimum Gasteiger partial charge on any atom is -0.494 e. The maximum Gasteiger partial charge on any atom is 0.166 e. The number of ether oxygens (including phenoxy) is 1. The topological polar surface area (TPSA) is 38.3 Å². The molecule has 1 heterocycles. The van der Waals surface area contributed by atoms with E-state index in [-0.39, 0.29) is 11.7 Å². The van der Waals surface area contributed by atoms with Crippen LogP contribution in [-0.2, 0) is 0 Å². The molecule has 1 aromatic carbocycles. The molecule has 0 amide bonds. The number of ketones is 1. The second kappa shape index (κ2) is 5.91. The molecule has 1 fully saturated rings. The zero-order valence-electron chi connectivity index (χ0n) is 10.1. The Morgan fingerprint density at radius 2 is 1.83 bits per heavy atom. The van der Waals surface area contributed by atoms with E-state index in [1.807, 2.05) is 0 Å². The molecule has 0 radical (unpaired) electrons. The molecule has 18 heavy (non-hydrogen) atoms. The summed E-state index contributed by atoms with van der Waals surface area (Å²) in [5.41, 5.74) is 0.567. The zero-order valence-corrected chi connectivity index (χ0v) is 11.6. The maximum atomic E-state index is 12.3. The number of methoxy groups -OCH3 is 1. The summed E-state index contributed by atoms with van der Waals surface area (Å²) in [4.78, 5) is 12.3. The molecule has 3 nitrogen and oxygen atoms in total. The standard InChI is InChI=1S/C13H15Cl2NO2/c1-18-13-10(14)6-9(7-11(13)15)12(17)8-2-4-16-5-3-8/h6-8,16H,2-5H2,1H3. The number of nitrogens with one attached hydrogen (secondary N) is 1. The number of rotatable bonds is 3. The fourth-order valence-corrected chi connectivity index (χ4v) is 2.86. The van der Waals surface area contributed by atoms with E-state index in [0.717, 1.165) is 25.9 Å². The van der Waals surface area contributed by atoms with Crippen LogP contribution in [0.2, 0.25) is 10.0 Å². The van der Waals surface area contributed by atoms with E-state index < -0.39 is 0 Å². The molecular weight excluding hydrogens is 273 g/mol. The van der Waals surface area contributed by atoms with E-state index >= 15 is 0 Å². The van der Waals surface area contributed by atoms with E-state index in [2.05, 4.69) is 5.32 Å². The van der Waals surface area contributed by atoms with Gasteiger partial charge in [0.2, 0.25) is 0 Å². The van der Waals surface area contributed by atoms with Crippen LogP contribution in [0.5, 0.6) is 5.75 Å². The van der Waals surface area contributed by atoms with Crippen LogP contribution in [0.25, 0.3) is 0 Å². The third kappa shape index (κ3) is 2.79. The average molecular weight is 288 g/mol. The summed E-state index contributed by atoms with van der Waals surface area (Å²) >= 11 is 12.1. The van der Waals surface area contributed by atoms with Crippen LogP contribution in [-0.4, -0.2) is 26.0 Å². The van der Waals surface area contributed by atoms with Crippen LogP contribution < -0.4 is 10.1 Å². The second-order valence-corrected chi connectivity index (χ2v) is 5.18. The molecule has 98 valence electrons. The SMILES string of the molecule is COc1c(Cl)cc(C(=O)C2CCNCC2)cc1Cl. The fourth-order valence-electron chi connectivity index (χ4n) is 2.22. The average Bonchev–Trinajstić information content (AvgIpc) is 2.38. The van der Waals surface area contributed by atoms with Crippen LogP contribution >= 0.6 is 23.2 Å². The van der Waals surface area contributed by atoms with Gasteiger partial charge in [-0.15, -0.1) is 0 Å². The molecule has 1 N–H and O–H groups in total. The summed E-state index contributed by atoms with van der Waals surface area (Å²) in [6, 6.07) is 3.27. The molecule has 0 saturated carbocycles. The molecule has 0 atom stereocenters. The molecule has 5 heteroatoms. The number of hydrogen-bond acceptors (Lipinski definition) is 3. The van der Waals surface area contributed by atoms with Gasteiger partial charge in [0.25, 0.3) is 0 Å². The van der Waals surface area contributed by atoms with E-state index in [9.17, 15) is 4.79 Å². The minimum atomic E-state index is 0.0618. The highest BCUT2D eigenvalue weighted by Crippen LogP contribution is 2.35. The number of hydrogen-bond donors (Lipinski definition) is 1. The largest absolute Gasteiger partial charge is 0.494 e. The van der Waals surface area contributed by atoms with Gasteiger partial charge in [-0.25, -0.2) is 0 Å². The highest BCUT2D eigenvalue weighted by Gasteiger charge is 2.23. The van der Waals surface area contributed by atoms with Crippen molar-refractivity contribution in [3.8, 4) is 5.75 Å². The molecule has 2 rings (SSSR count). The molecule has 0 spiro atoms. The van der Waals surface area contributed by atoms with Crippen LogP contribution in [0.4, 0.5) is 0 Å². The number of carbonyl (C=O) groups excluding carboxylic acids is 1. The Morgan fingerprint density at radius 1 is 1.28 bits per heavy atom. The van der Waals surface area contributed by atoms with Crippen LogP contribution in [0.3, 0.4) is 0 Å². The number of carbonyl (C=O) groups is 1. The highest BCUT2D eigenvalue weighted by molar-refractivity contribution is 6.37. The van der Waals surface area contributed by atoms with Crippen molar-refractivity contribution in [3.05, 3.63) is 27.7 Å². The lowest BCUT2D eigenvalue weighted by Crippen LogP contribution is -2.31. The van der Waals surface area contributed by atoms with Gasteiger partial charge in [-0.1, -0.05) is 23.2 Å². The van der Waals surface area contributed by atoms with Crippen molar-refractivity contribution in [2.45, 2.75) is 12.8 Å². The molecule has 0 unspecified atom stereocenters. The quantitative estimate of drug-likeness (QED) is 0.868. The van der Waals surface area contributed by atoms with Gasteiger partial charge in [0.15, 0.2) is 11.5 Å². The first-order valence-electron chi connectivity index (χ1n) is 5.91. The first kappa shape index (κ1) is 13.7. The van der Waals surface area contributed by atoms with Crippen molar-refractivity contribution < 1.29 is 9.53 Å². The second-order valence-electron chi connectivity index (χ2n) is 4.36. The lowest BCUT2D eigenvalue weighted by atomic mass is 9.89. The lowest BCUT2D eigenvalue weighted by Gasteiger charge is -2.21. The Morgan fingerprint density at radius 3 is 2.33 bits per heavy atom. The van der Waals surface area contributed by atoms with Gasteiger partial charge in [-0.3, -0.25) is 4.79 Å². The van der Waals surface area contributed by atoms with Gasteiger partial charge >= 0.3 is 0 Å². The summed E-state index contributed by atoms with van der Waals surface area (Å²) < 4.78 is 5.07. The summed E-state index contributed by atoms with van der Waals surface area (Å²) in [7, 11) is 1.50. The van der Waals surface area contributed by atoms with E-state index in [0.29, 0.717) is 21.4 Å². The Kier molecular flexibility index (Phi) is 4.49. The monoisotopic (exact) mass is 287 g/mol. The normalized spacial score (nSPS) is 16.6. The molecule has 0 bridgehead atoms. The summed E-state index contributed by atoms with van der Waals surface area (Å²) in [6.45, 7) is 1.77. The molecule has 1 aromatic rings. The van der Waals surface area contributed by atoms with Crippen molar-refractivity contribution in [3.63, 3.8) is 0 Å². The minimum absolute atomic E-state index is 0.0618. The van der Waals surface area contributed by atoms with Crippen LogP contribution in [0.1, 0.15) is 23.2 Å². The zero-order chi connectivity index (χ0) is 13.1. The van der Waals surface area contributed by atoms with E-state index in [4.69, 9.17) is 27.9 Å². The van der Waals surface area contributed by atoms with Crippen molar-refractivity contribution in [2.24, 2.45) is 5.92 Å². The third-order valence-electron chi connectivity index (χ3n) is 3.20. The fraction of sp³-hybridized carbons (Fsp3) is 0.462. The Balaban J connectivity index is 2.25. The van der Waals surface area contributed by atoms with Gasteiger partial charge in [-0.2, -0.15) is 0 Å². The Labute approximate surface area is 116 Å². The molecule has 1 aliphatic heterocycles. The summed E-state index contributed by atoms with van der Waals surface area (Å²) in [5.74, 6) is 0.593. The number of Topliss-reactive ketones (excluding diaryl/α,β-unsaturated/α-hetero) is 1. The van der Waals surface area contributed by atoms with E-state index in [1.54, 1.807) is 12.1 Å². The molecule has 0 aliphatic carbocycles. The Hall–Kier alpha value is -0.770. The van der Waals surface area contributed by atoms with Gasteiger partial charge in [-0.05, 0) is 38.1 Å². The molecule has 1 saturated heterocycles. The van der Waals surface area contributed by atoms with Crippen molar-refractivity contribution >= 4 is 29.0 Å². The predicted octanol–water partition coefficient (Wildman–Crippen LogP) is 3.18. The smallest absolute Gasteiger partial charge is 0.166 e.